The number of rotatable bonds is 6. The molecule has 0 spiro atoms. The second-order valence-corrected chi connectivity index (χ2v) is 5.75. The van der Waals surface area contributed by atoms with E-state index in [0.29, 0.717) is 5.56 Å². The summed E-state index contributed by atoms with van der Waals surface area (Å²) < 4.78 is 0. The summed E-state index contributed by atoms with van der Waals surface area (Å²) in [4.78, 5) is 0. The number of aliphatic hydroxyl groups excluding tert-OH is 2. The van der Waals surface area contributed by atoms with E-state index in [-0.39, 0.29) is 24.1 Å². The maximum Gasteiger partial charge on any atom is 0.133 e. The SMILES string of the molecule is N#Cc1ccc(C[S+](CCO)CCO)cc1. The monoisotopic (exact) mass is 238 g/mol. The predicted octanol–water partition coefficient (Wildman–Crippen LogP) is 0.661. The Morgan fingerprint density at radius 1 is 1.06 bits per heavy atom. The van der Waals surface area contributed by atoms with Crippen LogP contribution in [0.2, 0.25) is 0 Å². The number of hydrogen-bond acceptors (Lipinski definition) is 3. The predicted molar refractivity (Wildman–Crippen MR) is 66.1 cm³/mol. The van der Waals surface area contributed by atoms with Crippen molar-refractivity contribution in [1.82, 2.24) is 0 Å². The molecular weight excluding hydrogens is 222 g/mol. The first-order valence-corrected chi connectivity index (χ1v) is 6.88. The number of nitrogens with zero attached hydrogens (tertiary/aromatic N) is 1. The smallest absolute Gasteiger partial charge is 0.133 e. The van der Waals surface area contributed by atoms with Gasteiger partial charge in [-0.3, -0.25) is 0 Å². The van der Waals surface area contributed by atoms with Gasteiger partial charge in [-0.1, -0.05) is 12.1 Å². The van der Waals surface area contributed by atoms with Gasteiger partial charge in [-0.2, -0.15) is 5.26 Å². The topological polar surface area (TPSA) is 64.2 Å². The molecule has 1 aromatic carbocycles. The molecule has 0 fully saturated rings. The standard InChI is InChI=1S/C12H16NO2S/c13-9-11-1-3-12(4-2-11)10-16(7-5-14)8-6-15/h1-4,14-15H,5-8,10H2/q+1. The molecule has 0 aliphatic heterocycles. The molecule has 3 nitrogen and oxygen atoms in total. The summed E-state index contributed by atoms with van der Waals surface area (Å²) in [6.07, 6.45) is 0. The molecule has 1 rings (SSSR count). The second kappa shape index (κ2) is 7.29. The van der Waals surface area contributed by atoms with Gasteiger partial charge in [0.1, 0.15) is 17.3 Å². The second-order valence-electron chi connectivity index (χ2n) is 3.42. The zero-order valence-electron chi connectivity index (χ0n) is 9.09. The molecule has 0 aromatic heterocycles. The molecular formula is C12H16NO2S+. The number of hydrogen-bond donors (Lipinski definition) is 2. The van der Waals surface area contributed by atoms with Crippen LogP contribution in [0.3, 0.4) is 0 Å². The molecule has 16 heavy (non-hydrogen) atoms. The molecule has 0 radical (unpaired) electrons. The molecule has 0 aliphatic rings. The van der Waals surface area contributed by atoms with E-state index in [1.165, 1.54) is 0 Å². The van der Waals surface area contributed by atoms with E-state index in [1.54, 1.807) is 12.1 Å². The molecule has 0 aliphatic carbocycles. The maximum absolute atomic E-state index is 8.91. The maximum atomic E-state index is 8.91. The van der Waals surface area contributed by atoms with Gasteiger partial charge in [0.2, 0.25) is 0 Å². The van der Waals surface area contributed by atoms with Crippen LogP contribution in [0, 0.1) is 11.3 Å². The number of benzene rings is 1. The van der Waals surface area contributed by atoms with Crippen molar-refractivity contribution in [3.63, 3.8) is 0 Å². The Morgan fingerprint density at radius 3 is 2.06 bits per heavy atom. The van der Waals surface area contributed by atoms with Crippen LogP contribution in [0.4, 0.5) is 0 Å². The minimum Gasteiger partial charge on any atom is -0.391 e. The quantitative estimate of drug-likeness (QED) is 0.716. The van der Waals surface area contributed by atoms with Crippen molar-refractivity contribution in [3.05, 3.63) is 35.4 Å². The summed E-state index contributed by atoms with van der Waals surface area (Å²) in [5, 5.41) is 26.5. The lowest BCUT2D eigenvalue weighted by atomic mass is 10.2. The number of aliphatic hydroxyl groups is 2. The van der Waals surface area contributed by atoms with E-state index < -0.39 is 0 Å². The third-order valence-corrected chi connectivity index (χ3v) is 4.48. The summed E-state index contributed by atoms with van der Waals surface area (Å²) in [5.41, 5.74) is 1.82. The van der Waals surface area contributed by atoms with E-state index in [9.17, 15) is 0 Å². The normalized spacial score (nSPS) is 10.4. The Morgan fingerprint density at radius 2 is 1.62 bits per heavy atom. The molecule has 0 saturated carbocycles. The lowest BCUT2D eigenvalue weighted by Crippen LogP contribution is -2.19. The van der Waals surface area contributed by atoms with Gasteiger partial charge in [0.15, 0.2) is 0 Å². The van der Waals surface area contributed by atoms with Crippen LogP contribution in [-0.4, -0.2) is 34.9 Å². The Labute approximate surface area is 98.7 Å². The summed E-state index contributed by atoms with van der Waals surface area (Å²) in [6.45, 7) is 0.332. The largest absolute Gasteiger partial charge is 0.391 e. The zero-order chi connectivity index (χ0) is 11.8. The third kappa shape index (κ3) is 4.23. The van der Waals surface area contributed by atoms with Crippen LogP contribution in [-0.2, 0) is 16.6 Å². The average Bonchev–Trinajstić information content (AvgIpc) is 2.31. The molecule has 0 heterocycles. The van der Waals surface area contributed by atoms with Crippen LogP contribution in [0.15, 0.2) is 24.3 Å². The van der Waals surface area contributed by atoms with Gasteiger partial charge in [-0.05, 0) is 23.0 Å². The molecule has 86 valence electrons. The average molecular weight is 238 g/mol. The van der Waals surface area contributed by atoms with Crippen molar-refractivity contribution in [2.24, 2.45) is 0 Å². The minimum atomic E-state index is 0.0330. The Kier molecular flexibility index (Phi) is 5.94. The summed E-state index contributed by atoms with van der Waals surface area (Å²) in [6, 6.07) is 9.56. The highest BCUT2D eigenvalue weighted by molar-refractivity contribution is 7.96. The highest BCUT2D eigenvalue weighted by atomic mass is 32.2. The van der Waals surface area contributed by atoms with Crippen molar-refractivity contribution in [3.8, 4) is 6.07 Å². The fourth-order valence-corrected chi connectivity index (χ4v) is 3.09. The van der Waals surface area contributed by atoms with Gasteiger partial charge in [0.05, 0.1) is 24.8 Å². The molecule has 4 heteroatoms. The third-order valence-electron chi connectivity index (χ3n) is 2.21. The van der Waals surface area contributed by atoms with E-state index in [4.69, 9.17) is 15.5 Å². The van der Waals surface area contributed by atoms with Crippen LogP contribution in [0.1, 0.15) is 11.1 Å². The lowest BCUT2D eigenvalue weighted by Gasteiger charge is -2.06. The van der Waals surface area contributed by atoms with Gasteiger partial charge >= 0.3 is 0 Å². The molecule has 0 bridgehead atoms. The first-order valence-electron chi connectivity index (χ1n) is 5.15. The molecule has 0 atom stereocenters. The zero-order valence-corrected chi connectivity index (χ0v) is 9.91. The Hall–Kier alpha value is -1.02. The number of nitriles is 1. The van der Waals surface area contributed by atoms with E-state index in [0.717, 1.165) is 22.8 Å². The first kappa shape index (κ1) is 13.0. The van der Waals surface area contributed by atoms with Gasteiger partial charge in [0, 0.05) is 5.56 Å². The van der Waals surface area contributed by atoms with Crippen molar-refractivity contribution in [2.45, 2.75) is 5.75 Å². The van der Waals surface area contributed by atoms with Crippen molar-refractivity contribution < 1.29 is 10.2 Å². The first-order chi connectivity index (χ1) is 7.80. The Balaban J connectivity index is 2.59. The van der Waals surface area contributed by atoms with Gasteiger partial charge in [-0.25, -0.2) is 0 Å². The van der Waals surface area contributed by atoms with Crippen molar-refractivity contribution in [1.29, 1.82) is 5.26 Å². The van der Waals surface area contributed by atoms with Crippen LogP contribution >= 0.6 is 0 Å². The van der Waals surface area contributed by atoms with Crippen LogP contribution < -0.4 is 0 Å². The molecule has 0 unspecified atom stereocenters. The van der Waals surface area contributed by atoms with E-state index >= 15 is 0 Å². The molecule has 0 saturated heterocycles. The van der Waals surface area contributed by atoms with E-state index in [1.807, 2.05) is 12.1 Å². The van der Waals surface area contributed by atoms with Crippen LogP contribution in [0.25, 0.3) is 0 Å². The lowest BCUT2D eigenvalue weighted by molar-refractivity contribution is 0.316. The summed E-state index contributed by atoms with van der Waals surface area (Å²) >= 11 is 0. The summed E-state index contributed by atoms with van der Waals surface area (Å²) in [7, 11) is 0.0330. The van der Waals surface area contributed by atoms with Gasteiger partial charge < -0.3 is 10.2 Å². The van der Waals surface area contributed by atoms with E-state index in [2.05, 4.69) is 6.07 Å². The Bertz CT molecular complexity index is 339. The summed E-state index contributed by atoms with van der Waals surface area (Å²) in [5.74, 6) is 2.34. The molecule has 0 amide bonds. The fraction of sp³-hybridized carbons (Fsp3) is 0.417. The fourth-order valence-electron chi connectivity index (χ4n) is 1.42. The van der Waals surface area contributed by atoms with Gasteiger partial charge in [-0.15, -0.1) is 0 Å². The highest BCUT2D eigenvalue weighted by Gasteiger charge is 2.17. The highest BCUT2D eigenvalue weighted by Crippen LogP contribution is 2.10. The molecule has 1 aromatic rings. The van der Waals surface area contributed by atoms with Crippen molar-refractivity contribution in [2.75, 3.05) is 24.7 Å². The van der Waals surface area contributed by atoms with Gasteiger partial charge in [0.25, 0.3) is 0 Å². The van der Waals surface area contributed by atoms with Crippen LogP contribution in [0.5, 0.6) is 0 Å². The molecule has 2 N–H and O–H groups in total. The minimum absolute atomic E-state index is 0.0330. The van der Waals surface area contributed by atoms with Crippen molar-refractivity contribution >= 4 is 10.9 Å².